The minimum atomic E-state index is 0.279. The number of rotatable bonds is 2. The molecule has 2 atom stereocenters. The summed E-state index contributed by atoms with van der Waals surface area (Å²) in [6, 6.07) is 0. The zero-order valence-corrected chi connectivity index (χ0v) is 6.72. The Hall–Kier alpha value is -0.0100. The van der Waals surface area contributed by atoms with Crippen molar-refractivity contribution in [3.63, 3.8) is 0 Å². The maximum absolute atomic E-state index is 8.90. The summed E-state index contributed by atoms with van der Waals surface area (Å²) >= 11 is 5.71. The quantitative estimate of drug-likeness (QED) is 0.483. The van der Waals surface area contributed by atoms with Gasteiger partial charge >= 0.3 is 0 Å². The first kappa shape index (κ1) is 8.09. The fourth-order valence-corrected chi connectivity index (χ4v) is 1.72. The van der Waals surface area contributed by atoms with E-state index < -0.39 is 0 Å². The van der Waals surface area contributed by atoms with Gasteiger partial charge < -0.3 is 5.11 Å². The topological polar surface area (TPSA) is 20.2 Å². The van der Waals surface area contributed by atoms with E-state index >= 15 is 0 Å². The second-order valence-electron chi connectivity index (χ2n) is 2.80. The molecule has 10 heavy (non-hydrogen) atoms. The fraction of sp³-hybridized carbons (Fsp3) is 0.750. The normalized spacial score (nSPS) is 32.6. The molecule has 1 N–H and O–H groups in total. The molecule has 1 nitrogen and oxygen atoms in total. The third kappa shape index (κ3) is 1.74. The predicted octanol–water partition coefficient (Wildman–Crippen LogP) is 1.80. The van der Waals surface area contributed by atoms with Crippen LogP contribution in [-0.2, 0) is 0 Å². The van der Waals surface area contributed by atoms with Gasteiger partial charge in [-0.25, -0.2) is 0 Å². The van der Waals surface area contributed by atoms with Gasteiger partial charge in [0.1, 0.15) is 0 Å². The molecular weight excluding hydrogens is 148 g/mol. The lowest BCUT2D eigenvalue weighted by molar-refractivity contribution is 0.181. The van der Waals surface area contributed by atoms with Crippen LogP contribution in [0, 0.1) is 11.8 Å². The van der Waals surface area contributed by atoms with Crippen molar-refractivity contribution in [1.29, 1.82) is 0 Å². The maximum Gasteiger partial charge on any atom is 0.0465 e. The van der Waals surface area contributed by atoms with Gasteiger partial charge in [-0.15, -0.1) is 11.6 Å². The van der Waals surface area contributed by atoms with Gasteiger partial charge in [0.25, 0.3) is 0 Å². The van der Waals surface area contributed by atoms with E-state index in [1.165, 1.54) is 0 Å². The van der Waals surface area contributed by atoms with Crippen molar-refractivity contribution in [2.24, 2.45) is 11.8 Å². The molecule has 0 aromatic heterocycles. The van der Waals surface area contributed by atoms with Gasteiger partial charge in [0.15, 0.2) is 0 Å². The second kappa shape index (κ2) is 3.99. The average Bonchev–Trinajstić information content (AvgIpc) is 2.04. The Morgan fingerprint density at radius 3 is 2.30 bits per heavy atom. The summed E-state index contributed by atoms with van der Waals surface area (Å²) in [5.74, 6) is 1.58. The molecule has 2 heteroatoms. The summed E-state index contributed by atoms with van der Waals surface area (Å²) in [5.41, 5.74) is 0. The highest BCUT2D eigenvalue weighted by atomic mass is 35.5. The monoisotopic (exact) mass is 160 g/mol. The molecule has 0 heterocycles. The molecule has 0 bridgehead atoms. The Balaban J connectivity index is 2.45. The van der Waals surface area contributed by atoms with Crippen molar-refractivity contribution >= 4 is 11.6 Å². The first-order valence-corrected chi connectivity index (χ1v) is 4.23. The molecule has 1 rings (SSSR count). The highest BCUT2D eigenvalue weighted by molar-refractivity contribution is 6.18. The Morgan fingerprint density at radius 1 is 1.30 bits per heavy atom. The first-order valence-electron chi connectivity index (χ1n) is 3.70. The van der Waals surface area contributed by atoms with Crippen LogP contribution < -0.4 is 0 Å². The summed E-state index contributed by atoms with van der Waals surface area (Å²) in [6.45, 7) is 0.279. The maximum atomic E-state index is 8.90. The summed E-state index contributed by atoms with van der Waals surface area (Å²) in [4.78, 5) is 0. The summed E-state index contributed by atoms with van der Waals surface area (Å²) in [7, 11) is 0. The summed E-state index contributed by atoms with van der Waals surface area (Å²) in [5, 5.41) is 8.90. The van der Waals surface area contributed by atoms with E-state index in [1.807, 2.05) is 0 Å². The lowest BCUT2D eigenvalue weighted by atomic mass is 9.85. The molecule has 0 unspecified atom stereocenters. The van der Waals surface area contributed by atoms with Crippen LogP contribution in [0.2, 0.25) is 0 Å². The highest BCUT2D eigenvalue weighted by Crippen LogP contribution is 2.25. The third-order valence-electron chi connectivity index (χ3n) is 2.14. The van der Waals surface area contributed by atoms with Crippen molar-refractivity contribution in [3.05, 3.63) is 12.2 Å². The number of hydrogen-bond donors (Lipinski definition) is 1. The largest absolute Gasteiger partial charge is 0.396 e. The van der Waals surface area contributed by atoms with Crippen molar-refractivity contribution in [3.8, 4) is 0 Å². The number of hydrogen-bond acceptors (Lipinski definition) is 1. The van der Waals surface area contributed by atoms with Crippen molar-refractivity contribution in [2.45, 2.75) is 12.8 Å². The molecule has 58 valence electrons. The van der Waals surface area contributed by atoms with Crippen LogP contribution in [0.1, 0.15) is 12.8 Å². The van der Waals surface area contributed by atoms with Crippen molar-refractivity contribution in [1.82, 2.24) is 0 Å². The molecule has 0 aromatic carbocycles. The van der Waals surface area contributed by atoms with Crippen LogP contribution in [-0.4, -0.2) is 17.6 Å². The number of aliphatic hydroxyl groups excluding tert-OH is 1. The van der Waals surface area contributed by atoms with Crippen LogP contribution in [0.5, 0.6) is 0 Å². The lowest BCUT2D eigenvalue weighted by Crippen LogP contribution is -2.21. The van der Waals surface area contributed by atoms with Gasteiger partial charge in [-0.1, -0.05) is 12.2 Å². The zero-order valence-electron chi connectivity index (χ0n) is 5.96. The molecule has 0 saturated heterocycles. The number of alkyl halides is 1. The van der Waals surface area contributed by atoms with Crippen LogP contribution in [0.4, 0.5) is 0 Å². The molecule has 0 spiro atoms. The van der Waals surface area contributed by atoms with Gasteiger partial charge in [-0.3, -0.25) is 0 Å². The van der Waals surface area contributed by atoms with Crippen LogP contribution in [0.15, 0.2) is 12.2 Å². The van der Waals surface area contributed by atoms with E-state index in [9.17, 15) is 0 Å². The zero-order chi connectivity index (χ0) is 7.40. The second-order valence-corrected chi connectivity index (χ2v) is 3.11. The summed E-state index contributed by atoms with van der Waals surface area (Å²) in [6.07, 6.45) is 6.31. The van der Waals surface area contributed by atoms with Gasteiger partial charge in [-0.2, -0.15) is 0 Å². The molecule has 0 amide bonds. The van der Waals surface area contributed by atoms with Crippen LogP contribution >= 0.6 is 11.6 Å². The molecule has 0 saturated carbocycles. The highest BCUT2D eigenvalue weighted by Gasteiger charge is 2.20. The molecular formula is C8H13ClO. The molecule has 1 aliphatic carbocycles. The van der Waals surface area contributed by atoms with Gasteiger partial charge in [0, 0.05) is 12.5 Å². The van der Waals surface area contributed by atoms with E-state index in [2.05, 4.69) is 12.2 Å². The van der Waals surface area contributed by atoms with Crippen LogP contribution in [0.25, 0.3) is 0 Å². The number of allylic oxidation sites excluding steroid dienone is 2. The Labute approximate surface area is 66.7 Å². The first-order chi connectivity index (χ1) is 4.88. The van der Waals surface area contributed by atoms with Gasteiger partial charge in [-0.05, 0) is 24.7 Å². The molecule has 0 aliphatic heterocycles. The smallest absolute Gasteiger partial charge is 0.0465 e. The Kier molecular flexibility index (Phi) is 3.23. The Morgan fingerprint density at radius 2 is 1.90 bits per heavy atom. The van der Waals surface area contributed by atoms with Gasteiger partial charge in [0.05, 0.1) is 0 Å². The molecule has 1 aliphatic rings. The van der Waals surface area contributed by atoms with Crippen LogP contribution in [0.3, 0.4) is 0 Å². The number of halogens is 1. The number of aliphatic hydroxyl groups is 1. The SMILES string of the molecule is OC[C@H]1CC=CC[C@H]1CCl. The standard InChI is InChI=1S/C8H13ClO/c9-5-7-3-1-2-4-8(7)6-10/h1-2,7-8,10H,3-6H2/t7-,8+/m0/s1. The van der Waals surface area contributed by atoms with Crippen molar-refractivity contribution < 1.29 is 5.11 Å². The van der Waals surface area contributed by atoms with E-state index in [1.54, 1.807) is 0 Å². The average molecular weight is 161 g/mol. The van der Waals surface area contributed by atoms with E-state index in [0.29, 0.717) is 17.7 Å². The Bertz CT molecular complexity index is 108. The molecule has 0 radical (unpaired) electrons. The summed E-state index contributed by atoms with van der Waals surface area (Å²) < 4.78 is 0. The predicted molar refractivity (Wildman–Crippen MR) is 43.2 cm³/mol. The fourth-order valence-electron chi connectivity index (χ4n) is 1.34. The van der Waals surface area contributed by atoms with E-state index in [-0.39, 0.29) is 6.61 Å². The van der Waals surface area contributed by atoms with E-state index in [0.717, 1.165) is 12.8 Å². The molecule has 0 aromatic rings. The third-order valence-corrected chi connectivity index (χ3v) is 2.54. The molecule has 0 fully saturated rings. The minimum absolute atomic E-state index is 0.279. The minimum Gasteiger partial charge on any atom is -0.396 e. The van der Waals surface area contributed by atoms with Crippen molar-refractivity contribution in [2.75, 3.05) is 12.5 Å². The lowest BCUT2D eigenvalue weighted by Gasteiger charge is -2.24. The van der Waals surface area contributed by atoms with Gasteiger partial charge in [0.2, 0.25) is 0 Å². The van der Waals surface area contributed by atoms with E-state index in [4.69, 9.17) is 16.7 Å².